The van der Waals surface area contributed by atoms with Gasteiger partial charge in [0.25, 0.3) is 5.91 Å². The Morgan fingerprint density at radius 2 is 2.12 bits per heavy atom. The van der Waals surface area contributed by atoms with Crippen molar-refractivity contribution in [1.29, 1.82) is 0 Å². The summed E-state index contributed by atoms with van der Waals surface area (Å²) in [5.74, 6) is 0.674. The molecule has 0 spiro atoms. The Balaban J connectivity index is 1.55. The average Bonchev–Trinajstić information content (AvgIpc) is 3.38. The smallest absolute Gasteiger partial charge is 0.306 e. The molecule has 24 heavy (non-hydrogen) atoms. The minimum atomic E-state index is -0.389. The van der Waals surface area contributed by atoms with Gasteiger partial charge in [0.15, 0.2) is 6.61 Å². The zero-order valence-electron chi connectivity index (χ0n) is 14.1. The third-order valence-electron chi connectivity index (χ3n) is 4.01. The van der Waals surface area contributed by atoms with Crippen LogP contribution in [0.1, 0.15) is 38.2 Å². The van der Waals surface area contributed by atoms with E-state index in [9.17, 15) is 9.59 Å². The van der Waals surface area contributed by atoms with Crippen LogP contribution in [0, 0.1) is 12.8 Å². The standard InChI is InChI=1S/C18H24ClNO4/c1-12-10-15(7-8-16(12)19)23-9-3-4-18(22)24-11-17(21)20-13(2)14-5-6-14/h7-8,10,13-14H,3-6,9,11H2,1-2H3,(H,20,21). The number of carbonyl (C=O) groups excluding carboxylic acids is 2. The van der Waals surface area contributed by atoms with Crippen LogP contribution in [0.15, 0.2) is 18.2 Å². The first-order valence-electron chi connectivity index (χ1n) is 8.29. The predicted molar refractivity (Wildman–Crippen MR) is 92.2 cm³/mol. The van der Waals surface area contributed by atoms with E-state index in [0.717, 1.165) is 24.2 Å². The van der Waals surface area contributed by atoms with Crippen molar-refractivity contribution in [3.8, 4) is 5.75 Å². The van der Waals surface area contributed by atoms with Gasteiger partial charge in [-0.3, -0.25) is 9.59 Å². The highest BCUT2D eigenvalue weighted by molar-refractivity contribution is 6.31. The van der Waals surface area contributed by atoms with Gasteiger partial charge in [-0.15, -0.1) is 0 Å². The van der Waals surface area contributed by atoms with Crippen LogP contribution in [0.25, 0.3) is 0 Å². The molecular weight excluding hydrogens is 330 g/mol. The van der Waals surface area contributed by atoms with Crippen LogP contribution < -0.4 is 10.1 Å². The van der Waals surface area contributed by atoms with Crippen LogP contribution in [-0.2, 0) is 14.3 Å². The molecule has 1 saturated carbocycles. The molecule has 1 amide bonds. The van der Waals surface area contributed by atoms with Crippen molar-refractivity contribution in [2.45, 2.75) is 45.6 Å². The molecular formula is C18H24ClNO4. The van der Waals surface area contributed by atoms with Gasteiger partial charge in [0.1, 0.15) is 5.75 Å². The molecule has 1 N–H and O–H groups in total. The lowest BCUT2D eigenvalue weighted by Crippen LogP contribution is -2.37. The maximum Gasteiger partial charge on any atom is 0.306 e. The van der Waals surface area contributed by atoms with Crippen LogP contribution in [-0.4, -0.2) is 31.1 Å². The summed E-state index contributed by atoms with van der Waals surface area (Å²) in [6.45, 7) is 4.07. The second kappa shape index (κ2) is 8.92. The molecule has 0 radical (unpaired) electrons. The highest BCUT2D eigenvalue weighted by Crippen LogP contribution is 2.32. The summed E-state index contributed by atoms with van der Waals surface area (Å²) >= 11 is 5.95. The van der Waals surface area contributed by atoms with Gasteiger partial charge < -0.3 is 14.8 Å². The molecule has 2 rings (SSSR count). The number of ether oxygens (including phenoxy) is 2. The summed E-state index contributed by atoms with van der Waals surface area (Å²) in [4.78, 5) is 23.3. The SMILES string of the molecule is Cc1cc(OCCCC(=O)OCC(=O)NC(C)C2CC2)ccc1Cl. The molecule has 1 aromatic rings. The molecule has 0 saturated heterocycles. The topological polar surface area (TPSA) is 64.6 Å². The van der Waals surface area contributed by atoms with Crippen molar-refractivity contribution in [2.75, 3.05) is 13.2 Å². The number of esters is 1. The van der Waals surface area contributed by atoms with Gasteiger partial charge in [-0.25, -0.2) is 0 Å². The molecule has 1 atom stereocenters. The summed E-state index contributed by atoms with van der Waals surface area (Å²) in [7, 11) is 0. The summed E-state index contributed by atoms with van der Waals surface area (Å²) < 4.78 is 10.5. The van der Waals surface area contributed by atoms with Crippen LogP contribution in [0.2, 0.25) is 5.02 Å². The maximum absolute atomic E-state index is 11.6. The van der Waals surface area contributed by atoms with Crippen LogP contribution in [0.4, 0.5) is 0 Å². The molecule has 132 valence electrons. The number of halogens is 1. The average molecular weight is 354 g/mol. The normalized spacial score (nSPS) is 14.8. The van der Waals surface area contributed by atoms with Crippen molar-refractivity contribution >= 4 is 23.5 Å². The Labute approximate surface area is 147 Å². The van der Waals surface area contributed by atoms with Gasteiger partial charge in [-0.1, -0.05) is 11.6 Å². The number of amides is 1. The molecule has 5 nitrogen and oxygen atoms in total. The van der Waals surface area contributed by atoms with Crippen LogP contribution in [0.5, 0.6) is 5.75 Å². The molecule has 0 heterocycles. The Morgan fingerprint density at radius 3 is 2.79 bits per heavy atom. The Morgan fingerprint density at radius 1 is 1.38 bits per heavy atom. The van der Waals surface area contributed by atoms with Crippen LogP contribution >= 0.6 is 11.6 Å². The number of benzene rings is 1. The minimum Gasteiger partial charge on any atom is -0.494 e. The van der Waals surface area contributed by atoms with Crippen LogP contribution in [0.3, 0.4) is 0 Å². The van der Waals surface area contributed by atoms with Crippen molar-refractivity contribution in [3.63, 3.8) is 0 Å². The van der Waals surface area contributed by atoms with Gasteiger partial charge in [0.05, 0.1) is 6.61 Å². The molecule has 6 heteroatoms. The summed E-state index contributed by atoms with van der Waals surface area (Å²) in [5.41, 5.74) is 0.944. The lowest BCUT2D eigenvalue weighted by molar-refractivity contribution is -0.148. The van der Waals surface area contributed by atoms with E-state index in [-0.39, 0.29) is 30.9 Å². The predicted octanol–water partition coefficient (Wildman–Crippen LogP) is 3.27. The fraction of sp³-hybridized carbons (Fsp3) is 0.556. The van der Waals surface area contributed by atoms with Crippen molar-refractivity contribution < 1.29 is 19.1 Å². The van der Waals surface area contributed by atoms with Gasteiger partial charge >= 0.3 is 5.97 Å². The highest BCUT2D eigenvalue weighted by atomic mass is 35.5. The number of carbonyl (C=O) groups is 2. The van der Waals surface area contributed by atoms with Gasteiger partial charge in [-0.2, -0.15) is 0 Å². The second-order valence-electron chi connectivity index (χ2n) is 6.22. The van der Waals surface area contributed by atoms with Gasteiger partial charge in [-0.05, 0) is 62.8 Å². The van der Waals surface area contributed by atoms with E-state index in [1.807, 2.05) is 19.9 Å². The monoisotopic (exact) mass is 353 g/mol. The van der Waals surface area contributed by atoms with E-state index < -0.39 is 0 Å². The number of nitrogens with one attached hydrogen (secondary N) is 1. The Bertz CT molecular complexity index is 586. The zero-order chi connectivity index (χ0) is 17.5. The largest absolute Gasteiger partial charge is 0.494 e. The molecule has 1 aromatic carbocycles. The number of hydrogen-bond donors (Lipinski definition) is 1. The molecule has 1 fully saturated rings. The molecule has 1 aliphatic rings. The molecule has 1 aliphatic carbocycles. The molecule has 1 unspecified atom stereocenters. The quantitative estimate of drug-likeness (QED) is 0.546. The summed E-state index contributed by atoms with van der Waals surface area (Å²) in [6, 6.07) is 5.58. The van der Waals surface area contributed by atoms with E-state index >= 15 is 0 Å². The van der Waals surface area contributed by atoms with Crippen molar-refractivity contribution in [2.24, 2.45) is 5.92 Å². The first-order valence-corrected chi connectivity index (χ1v) is 8.67. The van der Waals surface area contributed by atoms with E-state index in [1.165, 1.54) is 0 Å². The minimum absolute atomic E-state index is 0.160. The first kappa shape index (κ1) is 18.6. The third kappa shape index (κ3) is 6.40. The van der Waals surface area contributed by atoms with Crippen molar-refractivity contribution in [3.05, 3.63) is 28.8 Å². The summed E-state index contributed by atoms with van der Waals surface area (Å²) in [6.07, 6.45) is 3.07. The second-order valence-corrected chi connectivity index (χ2v) is 6.62. The number of aryl methyl sites for hydroxylation is 1. The maximum atomic E-state index is 11.6. The lowest BCUT2D eigenvalue weighted by atomic mass is 10.2. The Hall–Kier alpha value is -1.75. The Kier molecular flexibility index (Phi) is 6.91. The number of rotatable bonds is 9. The third-order valence-corrected chi connectivity index (χ3v) is 4.43. The highest BCUT2D eigenvalue weighted by Gasteiger charge is 2.28. The van der Waals surface area contributed by atoms with Crippen molar-refractivity contribution in [1.82, 2.24) is 5.32 Å². The van der Waals surface area contributed by atoms with E-state index in [2.05, 4.69) is 5.32 Å². The molecule has 0 aromatic heterocycles. The summed E-state index contributed by atoms with van der Waals surface area (Å²) in [5, 5.41) is 3.54. The number of hydrogen-bond acceptors (Lipinski definition) is 4. The fourth-order valence-electron chi connectivity index (χ4n) is 2.34. The van der Waals surface area contributed by atoms with Gasteiger partial charge in [0.2, 0.25) is 0 Å². The first-order chi connectivity index (χ1) is 11.5. The van der Waals surface area contributed by atoms with E-state index in [1.54, 1.807) is 12.1 Å². The molecule has 0 bridgehead atoms. The van der Waals surface area contributed by atoms with Gasteiger partial charge in [0, 0.05) is 17.5 Å². The zero-order valence-corrected chi connectivity index (χ0v) is 14.9. The fourth-order valence-corrected chi connectivity index (χ4v) is 2.46. The van der Waals surface area contributed by atoms with E-state index in [0.29, 0.717) is 24.0 Å². The lowest BCUT2D eigenvalue weighted by Gasteiger charge is -2.12. The van der Waals surface area contributed by atoms with E-state index in [4.69, 9.17) is 21.1 Å². The molecule has 0 aliphatic heterocycles.